The lowest BCUT2D eigenvalue weighted by atomic mass is 10.3. The quantitative estimate of drug-likeness (QED) is 0.809. The molecule has 7 nitrogen and oxygen atoms in total. The molecule has 0 bridgehead atoms. The molecule has 0 aliphatic carbocycles. The average molecular weight is 327 g/mol. The molecule has 9 heteroatoms. The largest absolute Gasteiger partial charge is 0.462 e. The number of nitrogens with two attached hydrogens (primary N) is 1. The number of aromatic nitrogens is 1. The van der Waals surface area contributed by atoms with Crippen molar-refractivity contribution in [3.63, 3.8) is 0 Å². The van der Waals surface area contributed by atoms with E-state index in [0.717, 1.165) is 11.3 Å². The Labute approximate surface area is 125 Å². The molecular formula is C12H13N3O4S2. The Kier molecular flexibility index (Phi) is 4.43. The Balaban J connectivity index is 2.33. The maximum absolute atomic E-state index is 12.3. The molecule has 2 aromatic rings. The van der Waals surface area contributed by atoms with Crippen LogP contribution in [0.1, 0.15) is 17.3 Å². The highest BCUT2D eigenvalue weighted by molar-refractivity contribution is 7.93. The van der Waals surface area contributed by atoms with Crippen molar-refractivity contribution in [3.8, 4) is 0 Å². The molecule has 3 N–H and O–H groups in total. The van der Waals surface area contributed by atoms with E-state index in [2.05, 4.69) is 9.71 Å². The van der Waals surface area contributed by atoms with Crippen LogP contribution in [0.4, 0.5) is 10.8 Å². The first-order chi connectivity index (χ1) is 9.95. The number of rotatable bonds is 5. The lowest BCUT2D eigenvalue weighted by Gasteiger charge is -2.09. The summed E-state index contributed by atoms with van der Waals surface area (Å²) in [5.74, 6) is -0.699. The van der Waals surface area contributed by atoms with Crippen LogP contribution < -0.4 is 10.5 Å². The first-order valence-electron chi connectivity index (χ1n) is 5.93. The van der Waals surface area contributed by atoms with Gasteiger partial charge >= 0.3 is 5.97 Å². The first-order valence-corrected chi connectivity index (χ1v) is 8.30. The number of sulfonamides is 1. The molecule has 0 amide bonds. The fourth-order valence-electron chi connectivity index (χ4n) is 1.56. The second-order valence-electron chi connectivity index (χ2n) is 3.88. The van der Waals surface area contributed by atoms with Gasteiger partial charge in [0.25, 0.3) is 10.0 Å². The van der Waals surface area contributed by atoms with Gasteiger partial charge in [0, 0.05) is 6.20 Å². The number of hydrogen-bond donors (Lipinski definition) is 2. The monoisotopic (exact) mass is 327 g/mol. The van der Waals surface area contributed by atoms with Gasteiger partial charge in [-0.2, -0.15) is 0 Å². The fraction of sp³-hybridized carbons (Fsp3) is 0.167. The first kappa shape index (κ1) is 15.3. The van der Waals surface area contributed by atoms with Gasteiger partial charge < -0.3 is 10.5 Å². The molecule has 0 aliphatic heterocycles. The predicted molar refractivity (Wildman–Crippen MR) is 79.7 cm³/mol. The van der Waals surface area contributed by atoms with Crippen molar-refractivity contribution in [3.05, 3.63) is 35.3 Å². The van der Waals surface area contributed by atoms with E-state index in [0.29, 0.717) is 0 Å². The zero-order valence-electron chi connectivity index (χ0n) is 11.1. The smallest absolute Gasteiger partial charge is 0.341 e. The molecule has 0 saturated carbocycles. The van der Waals surface area contributed by atoms with Crippen LogP contribution in [0.25, 0.3) is 0 Å². The van der Waals surface area contributed by atoms with Crippen LogP contribution in [0.2, 0.25) is 0 Å². The minimum atomic E-state index is -3.92. The summed E-state index contributed by atoms with van der Waals surface area (Å²) in [4.78, 5) is 15.3. The molecule has 112 valence electrons. The molecule has 2 heterocycles. The van der Waals surface area contributed by atoms with Gasteiger partial charge in [-0.05, 0) is 30.5 Å². The number of thiophene rings is 1. The van der Waals surface area contributed by atoms with Crippen molar-refractivity contribution in [1.82, 2.24) is 4.98 Å². The van der Waals surface area contributed by atoms with Gasteiger partial charge in [-0.3, -0.25) is 4.72 Å². The Morgan fingerprint density at radius 2 is 2.24 bits per heavy atom. The summed E-state index contributed by atoms with van der Waals surface area (Å²) in [5, 5.41) is 1.77. The number of nitrogens with one attached hydrogen (secondary N) is 1. The van der Waals surface area contributed by atoms with Crippen LogP contribution in [0.15, 0.2) is 34.7 Å². The topological polar surface area (TPSA) is 111 Å². The maximum atomic E-state index is 12.3. The van der Waals surface area contributed by atoms with Gasteiger partial charge in [0.2, 0.25) is 0 Å². The van der Waals surface area contributed by atoms with Gasteiger partial charge in [-0.15, -0.1) is 11.3 Å². The lowest BCUT2D eigenvalue weighted by molar-refractivity contribution is 0.0528. The van der Waals surface area contributed by atoms with E-state index in [4.69, 9.17) is 10.5 Å². The molecule has 21 heavy (non-hydrogen) atoms. The predicted octanol–water partition coefficient (Wildman–Crippen LogP) is 1.70. The van der Waals surface area contributed by atoms with E-state index in [-0.39, 0.29) is 27.9 Å². The molecule has 0 spiro atoms. The summed E-state index contributed by atoms with van der Waals surface area (Å²) < 4.78 is 31.8. The third-order valence-electron chi connectivity index (χ3n) is 2.48. The summed E-state index contributed by atoms with van der Waals surface area (Å²) in [7, 11) is -3.92. The van der Waals surface area contributed by atoms with Gasteiger partial charge in [0.05, 0.1) is 12.2 Å². The number of hydrogen-bond acceptors (Lipinski definition) is 7. The van der Waals surface area contributed by atoms with Crippen LogP contribution in [0.5, 0.6) is 0 Å². The Bertz CT molecular complexity index is 755. The van der Waals surface area contributed by atoms with Crippen LogP contribution >= 0.6 is 11.3 Å². The highest BCUT2D eigenvalue weighted by atomic mass is 32.2. The average Bonchev–Trinajstić information content (AvgIpc) is 2.86. The van der Waals surface area contributed by atoms with Crippen molar-refractivity contribution >= 4 is 38.1 Å². The van der Waals surface area contributed by atoms with Crippen molar-refractivity contribution < 1.29 is 17.9 Å². The molecule has 2 aromatic heterocycles. The number of ether oxygens (including phenoxy) is 1. The number of nitrogens with zero attached hydrogens (tertiary/aromatic N) is 1. The fourth-order valence-corrected chi connectivity index (χ4v) is 3.75. The van der Waals surface area contributed by atoms with Crippen molar-refractivity contribution in [2.24, 2.45) is 0 Å². The number of nitrogen functional groups attached to an aromatic ring is 1. The van der Waals surface area contributed by atoms with E-state index in [1.807, 2.05) is 0 Å². The molecule has 2 rings (SSSR count). The van der Waals surface area contributed by atoms with Crippen molar-refractivity contribution in [1.29, 1.82) is 0 Å². The highest BCUT2D eigenvalue weighted by Crippen LogP contribution is 2.28. The molecule has 0 aromatic carbocycles. The highest BCUT2D eigenvalue weighted by Gasteiger charge is 2.22. The Morgan fingerprint density at radius 1 is 1.48 bits per heavy atom. The zero-order chi connectivity index (χ0) is 15.5. The van der Waals surface area contributed by atoms with E-state index in [1.54, 1.807) is 12.3 Å². The number of pyridine rings is 1. The molecule has 0 fully saturated rings. The molecule has 0 unspecified atom stereocenters. The molecule has 0 atom stereocenters. The van der Waals surface area contributed by atoms with Gasteiger partial charge in [0.15, 0.2) is 0 Å². The van der Waals surface area contributed by atoms with Crippen LogP contribution in [-0.2, 0) is 14.8 Å². The van der Waals surface area contributed by atoms with Crippen LogP contribution in [-0.4, -0.2) is 26.0 Å². The number of carbonyl (C=O) groups excluding carboxylic acids is 1. The molecular weight excluding hydrogens is 314 g/mol. The maximum Gasteiger partial charge on any atom is 0.341 e. The minimum Gasteiger partial charge on any atom is -0.462 e. The molecule has 0 radical (unpaired) electrons. The molecule has 0 aliphatic rings. The normalized spacial score (nSPS) is 11.1. The number of esters is 1. The summed E-state index contributed by atoms with van der Waals surface area (Å²) in [6.07, 6.45) is 1.39. The summed E-state index contributed by atoms with van der Waals surface area (Å²) in [6, 6.07) is 4.29. The number of anilines is 2. The summed E-state index contributed by atoms with van der Waals surface area (Å²) in [6.45, 7) is 1.88. The lowest BCUT2D eigenvalue weighted by Crippen LogP contribution is -2.16. The summed E-state index contributed by atoms with van der Waals surface area (Å²) >= 11 is 1.08. The van der Waals surface area contributed by atoms with E-state index >= 15 is 0 Å². The van der Waals surface area contributed by atoms with Gasteiger partial charge in [-0.1, -0.05) is 0 Å². The third-order valence-corrected chi connectivity index (χ3v) is 4.83. The van der Waals surface area contributed by atoms with E-state index in [9.17, 15) is 13.2 Å². The second kappa shape index (κ2) is 6.10. The van der Waals surface area contributed by atoms with E-state index in [1.165, 1.54) is 24.4 Å². The Morgan fingerprint density at radius 3 is 2.90 bits per heavy atom. The zero-order valence-corrected chi connectivity index (χ0v) is 12.7. The SMILES string of the molecule is CCOC(=O)c1ccsc1NS(=O)(=O)c1cccnc1N. The summed E-state index contributed by atoms with van der Waals surface area (Å²) in [5.41, 5.74) is 5.72. The van der Waals surface area contributed by atoms with Crippen LogP contribution in [0.3, 0.4) is 0 Å². The van der Waals surface area contributed by atoms with Crippen LogP contribution in [0, 0.1) is 0 Å². The van der Waals surface area contributed by atoms with Gasteiger partial charge in [0.1, 0.15) is 15.7 Å². The second-order valence-corrected chi connectivity index (χ2v) is 6.44. The standard InChI is InChI=1S/C12H13N3O4S2/c1-2-19-12(16)8-5-7-20-11(8)15-21(17,18)9-4-3-6-14-10(9)13/h3-7,15H,2H2,1H3,(H2,13,14). The number of carbonyl (C=O) groups is 1. The third kappa shape index (κ3) is 3.31. The Hall–Kier alpha value is -2.13. The minimum absolute atomic E-state index is 0.112. The molecule has 0 saturated heterocycles. The van der Waals surface area contributed by atoms with Gasteiger partial charge in [-0.25, -0.2) is 18.2 Å². The van der Waals surface area contributed by atoms with Crippen molar-refractivity contribution in [2.45, 2.75) is 11.8 Å². The van der Waals surface area contributed by atoms with Crippen molar-refractivity contribution in [2.75, 3.05) is 17.1 Å². The van der Waals surface area contributed by atoms with E-state index < -0.39 is 16.0 Å².